The van der Waals surface area contributed by atoms with E-state index in [2.05, 4.69) is 9.87 Å². The fraction of sp³-hybridized carbons (Fsp3) is 0. The lowest BCUT2D eigenvalue weighted by Gasteiger charge is -1.99. The van der Waals surface area contributed by atoms with Gasteiger partial charge in [-0.05, 0) is 24.3 Å². The molecule has 0 N–H and O–H groups in total. The van der Waals surface area contributed by atoms with Crippen molar-refractivity contribution in [3.63, 3.8) is 0 Å². The Hall–Kier alpha value is -2.82. The van der Waals surface area contributed by atoms with E-state index in [9.17, 15) is 4.79 Å². The number of rotatable bonds is 3. The van der Waals surface area contributed by atoms with Gasteiger partial charge >= 0.3 is 12.0 Å². The molecule has 0 unspecified atom stereocenters. The van der Waals surface area contributed by atoms with Crippen LogP contribution in [0.15, 0.2) is 59.0 Å². The first-order valence-electron chi connectivity index (χ1n) is 5.62. The number of para-hydroxylation sites is 2. The van der Waals surface area contributed by atoms with E-state index in [0.717, 1.165) is 0 Å². The van der Waals surface area contributed by atoms with E-state index in [4.69, 9.17) is 9.30 Å². The Labute approximate surface area is 108 Å². The molecule has 94 valence electrons. The number of nitrogens with zero attached hydrogens (tertiary/aromatic N) is 1. The van der Waals surface area contributed by atoms with Crippen LogP contribution in [0.2, 0.25) is 0 Å². The molecule has 3 aromatic rings. The molecular formula is C14H9NO4. The van der Waals surface area contributed by atoms with E-state index in [1.807, 2.05) is 12.1 Å². The molecule has 19 heavy (non-hydrogen) atoms. The number of hydrogen-bond acceptors (Lipinski definition) is 5. The monoisotopic (exact) mass is 255 g/mol. The van der Waals surface area contributed by atoms with Gasteiger partial charge in [-0.3, -0.25) is 0 Å². The number of hydrogen-bond donors (Lipinski definition) is 0. The molecule has 0 saturated heterocycles. The molecule has 0 aliphatic carbocycles. The summed E-state index contributed by atoms with van der Waals surface area (Å²) < 4.78 is 5.24. The molecule has 5 nitrogen and oxygen atoms in total. The fourth-order valence-corrected chi connectivity index (χ4v) is 1.58. The van der Waals surface area contributed by atoms with Crippen LogP contribution >= 0.6 is 0 Å². The van der Waals surface area contributed by atoms with Gasteiger partial charge in [-0.25, -0.2) is 14.6 Å². The Morgan fingerprint density at radius 2 is 1.74 bits per heavy atom. The van der Waals surface area contributed by atoms with Crippen LogP contribution in [0.1, 0.15) is 10.4 Å². The quantitative estimate of drug-likeness (QED) is 0.531. The number of fused-ring (bicyclic) bond motifs is 1. The zero-order valence-electron chi connectivity index (χ0n) is 9.78. The van der Waals surface area contributed by atoms with Gasteiger partial charge in [0.2, 0.25) is 0 Å². The Balaban J connectivity index is 1.71. The van der Waals surface area contributed by atoms with E-state index < -0.39 is 5.97 Å². The third-order valence-electron chi connectivity index (χ3n) is 2.47. The second kappa shape index (κ2) is 4.81. The van der Waals surface area contributed by atoms with E-state index in [-0.39, 0.29) is 6.08 Å². The van der Waals surface area contributed by atoms with Crippen molar-refractivity contribution in [3.8, 4) is 6.08 Å². The third-order valence-corrected chi connectivity index (χ3v) is 2.47. The van der Waals surface area contributed by atoms with Gasteiger partial charge in [-0.1, -0.05) is 30.3 Å². The van der Waals surface area contributed by atoms with Crippen LogP contribution in [0, 0.1) is 0 Å². The molecule has 0 bridgehead atoms. The maximum absolute atomic E-state index is 11.6. The smallest absolute Gasteiger partial charge is 0.406 e. The zero-order chi connectivity index (χ0) is 13.1. The number of carbonyl (C=O) groups is 1. The van der Waals surface area contributed by atoms with E-state index >= 15 is 0 Å². The lowest BCUT2D eigenvalue weighted by molar-refractivity contribution is -0.166. The summed E-state index contributed by atoms with van der Waals surface area (Å²) in [6.07, 6.45) is -0.106. The minimum absolute atomic E-state index is 0.106. The average Bonchev–Trinajstić information content (AvgIpc) is 2.88. The second-order valence-electron chi connectivity index (χ2n) is 3.77. The first-order chi connectivity index (χ1) is 9.33. The van der Waals surface area contributed by atoms with Gasteiger partial charge in [-0.2, -0.15) is 4.98 Å². The maximum atomic E-state index is 11.6. The molecular weight excluding hydrogens is 246 g/mol. The minimum Gasteiger partial charge on any atom is -0.406 e. The van der Waals surface area contributed by atoms with E-state index in [1.165, 1.54) is 0 Å². The van der Waals surface area contributed by atoms with Crippen molar-refractivity contribution in [1.82, 2.24) is 4.98 Å². The molecule has 5 heteroatoms. The summed E-state index contributed by atoms with van der Waals surface area (Å²) in [5.74, 6) is -0.608. The summed E-state index contributed by atoms with van der Waals surface area (Å²) in [4.78, 5) is 25.1. The van der Waals surface area contributed by atoms with Crippen LogP contribution in [0.25, 0.3) is 11.1 Å². The van der Waals surface area contributed by atoms with Crippen LogP contribution in [0.5, 0.6) is 6.08 Å². The molecule has 0 radical (unpaired) electrons. The highest BCUT2D eigenvalue weighted by atomic mass is 17.2. The van der Waals surface area contributed by atoms with E-state index in [1.54, 1.807) is 42.5 Å². The normalized spacial score (nSPS) is 10.3. The number of oxazole rings is 1. The molecule has 1 heterocycles. The highest BCUT2D eigenvalue weighted by Crippen LogP contribution is 2.20. The summed E-state index contributed by atoms with van der Waals surface area (Å²) in [6.45, 7) is 0. The summed E-state index contributed by atoms with van der Waals surface area (Å²) in [6, 6.07) is 15.7. The molecule has 1 aromatic heterocycles. The predicted octanol–water partition coefficient (Wildman–Crippen LogP) is 2.98. The molecule has 0 amide bonds. The minimum atomic E-state index is -0.608. The molecule has 0 aliphatic heterocycles. The van der Waals surface area contributed by atoms with Crippen LogP contribution in [0.4, 0.5) is 0 Å². The molecule has 0 atom stereocenters. The lowest BCUT2D eigenvalue weighted by atomic mass is 10.2. The Bertz CT molecular complexity index is 673. The second-order valence-corrected chi connectivity index (χ2v) is 3.77. The summed E-state index contributed by atoms with van der Waals surface area (Å²) in [7, 11) is 0. The predicted molar refractivity (Wildman–Crippen MR) is 66.5 cm³/mol. The van der Waals surface area contributed by atoms with Gasteiger partial charge < -0.3 is 4.42 Å². The summed E-state index contributed by atoms with van der Waals surface area (Å²) in [5.41, 5.74) is 1.58. The van der Waals surface area contributed by atoms with Crippen LogP contribution in [-0.4, -0.2) is 11.0 Å². The highest BCUT2D eigenvalue weighted by Gasteiger charge is 2.12. The number of aromatic nitrogens is 1. The maximum Gasteiger partial charge on any atom is 0.439 e. The Morgan fingerprint density at radius 1 is 1.00 bits per heavy atom. The van der Waals surface area contributed by atoms with Gasteiger partial charge in [0.1, 0.15) is 5.52 Å². The standard InChI is InChI=1S/C14H9NO4/c16-13(10-6-2-1-3-7-10)18-19-14-15-11-8-4-5-9-12(11)17-14/h1-9H. The van der Waals surface area contributed by atoms with Crippen LogP contribution in [0.3, 0.4) is 0 Å². The van der Waals surface area contributed by atoms with Gasteiger partial charge in [0.15, 0.2) is 5.58 Å². The van der Waals surface area contributed by atoms with Crippen molar-refractivity contribution < 1.29 is 19.0 Å². The van der Waals surface area contributed by atoms with Crippen molar-refractivity contribution in [2.75, 3.05) is 0 Å². The van der Waals surface area contributed by atoms with Crippen LogP contribution in [-0.2, 0) is 4.89 Å². The molecule has 3 rings (SSSR count). The van der Waals surface area contributed by atoms with Crippen molar-refractivity contribution in [3.05, 3.63) is 60.2 Å². The van der Waals surface area contributed by atoms with E-state index in [0.29, 0.717) is 16.7 Å². The fourth-order valence-electron chi connectivity index (χ4n) is 1.58. The van der Waals surface area contributed by atoms with Crippen molar-refractivity contribution >= 4 is 17.1 Å². The number of benzene rings is 2. The van der Waals surface area contributed by atoms with Crippen LogP contribution < -0.4 is 4.89 Å². The first kappa shape index (κ1) is 11.3. The number of carbonyl (C=O) groups excluding carboxylic acids is 1. The highest BCUT2D eigenvalue weighted by molar-refractivity contribution is 5.88. The van der Waals surface area contributed by atoms with Gasteiger partial charge in [0.25, 0.3) is 0 Å². The van der Waals surface area contributed by atoms with Crippen molar-refractivity contribution in [2.24, 2.45) is 0 Å². The zero-order valence-corrected chi connectivity index (χ0v) is 9.78. The average molecular weight is 255 g/mol. The summed E-state index contributed by atoms with van der Waals surface area (Å²) in [5, 5.41) is 0. The molecule has 2 aromatic carbocycles. The first-order valence-corrected chi connectivity index (χ1v) is 5.62. The molecule has 0 spiro atoms. The largest absolute Gasteiger partial charge is 0.439 e. The summed E-state index contributed by atoms with van der Waals surface area (Å²) >= 11 is 0. The third kappa shape index (κ3) is 2.40. The topological polar surface area (TPSA) is 61.6 Å². The molecule has 0 fully saturated rings. The Morgan fingerprint density at radius 3 is 2.53 bits per heavy atom. The van der Waals surface area contributed by atoms with Crippen molar-refractivity contribution in [2.45, 2.75) is 0 Å². The van der Waals surface area contributed by atoms with Crippen molar-refractivity contribution in [1.29, 1.82) is 0 Å². The molecule has 0 aliphatic rings. The lowest BCUT2D eigenvalue weighted by Crippen LogP contribution is -2.08. The Kier molecular flexibility index (Phi) is 2.86. The molecule has 0 saturated carbocycles. The van der Waals surface area contributed by atoms with Gasteiger partial charge in [0.05, 0.1) is 5.56 Å². The van der Waals surface area contributed by atoms with Gasteiger partial charge in [-0.15, -0.1) is 0 Å². The SMILES string of the molecule is O=C(OOc1nc2ccccc2o1)c1ccccc1. The van der Waals surface area contributed by atoms with Gasteiger partial charge in [0, 0.05) is 0 Å².